The van der Waals surface area contributed by atoms with Crippen LogP contribution in [0, 0.1) is 0 Å². The highest BCUT2D eigenvalue weighted by atomic mass is 31.2. The molecule has 83 heavy (non-hydrogen) atoms. The smallest absolute Gasteiger partial charge is 0.456 e. The molecule has 0 saturated carbocycles. The number of unbranched alkanes of at least 4 members (excludes halogenated alkanes) is 50. The molecule has 0 aliphatic rings. The lowest BCUT2D eigenvalue weighted by Gasteiger charge is -2.27. The van der Waals surface area contributed by atoms with Gasteiger partial charge in [0, 0.05) is 12.8 Å². The van der Waals surface area contributed by atoms with Crippen molar-refractivity contribution in [2.45, 2.75) is 392 Å². The molecule has 2 N–H and O–H groups in total. The third-order valence-corrected chi connectivity index (χ3v) is 17.9. The van der Waals surface area contributed by atoms with Gasteiger partial charge in [-0.2, -0.15) is 0 Å². The molecule has 0 aromatic carbocycles. The zero-order valence-corrected chi connectivity index (χ0v) is 57.4. The number of rotatable bonds is 68. The lowest BCUT2D eigenvalue weighted by molar-refractivity contribution is -0.870. The van der Waals surface area contributed by atoms with E-state index in [0.29, 0.717) is 23.9 Å². The van der Waals surface area contributed by atoms with Gasteiger partial charge >= 0.3 is 13.8 Å². The zero-order valence-electron chi connectivity index (χ0n) is 56.5. The van der Waals surface area contributed by atoms with Crippen LogP contribution in [0.3, 0.4) is 0 Å². The third-order valence-electron chi connectivity index (χ3n) is 16.9. The molecule has 3 atom stereocenters. The molecule has 0 saturated heterocycles. The van der Waals surface area contributed by atoms with Gasteiger partial charge in [-0.15, -0.1) is 0 Å². The molecule has 0 bridgehead atoms. The second kappa shape index (κ2) is 63.5. The van der Waals surface area contributed by atoms with Gasteiger partial charge in [-0.25, -0.2) is 4.57 Å². The Hall–Kier alpha value is -1.51. The quantitative estimate of drug-likeness (QED) is 0.0205. The van der Waals surface area contributed by atoms with Crippen LogP contribution in [0.5, 0.6) is 0 Å². The molecule has 3 unspecified atom stereocenters. The molecule has 0 fully saturated rings. The van der Waals surface area contributed by atoms with Crippen molar-refractivity contribution in [3.63, 3.8) is 0 Å². The number of phosphoric ester groups is 1. The normalized spacial score (nSPS) is 13.6. The van der Waals surface area contributed by atoms with Crippen LogP contribution >= 0.6 is 7.82 Å². The van der Waals surface area contributed by atoms with Crippen LogP contribution in [0.4, 0.5) is 0 Å². The molecule has 0 spiro atoms. The Balaban J connectivity index is 4.98. The SMILES string of the molecule is CCCCCCCC/C=C/CCCCCCCCCC(=O)OC(/C=C\CCCCCCCCCCCCC)C(COP(=O)(O)OCC[N+](C)(C)C)NC(=O)CCCCCCCCCCCCCCCCCCCCCCCCCCCCC. The van der Waals surface area contributed by atoms with E-state index < -0.39 is 20.0 Å². The molecule has 0 aliphatic heterocycles. The number of ether oxygens (including phenoxy) is 1. The van der Waals surface area contributed by atoms with Crippen molar-refractivity contribution < 1.29 is 37.3 Å². The average Bonchev–Trinajstić information content (AvgIpc) is 3.47. The predicted octanol–water partition coefficient (Wildman–Crippen LogP) is 23.2. The third kappa shape index (κ3) is 64.8. The number of carbonyl (C=O) groups is 2. The number of hydrogen-bond donors (Lipinski definition) is 2. The average molecular weight is 1190 g/mol. The van der Waals surface area contributed by atoms with Crippen molar-refractivity contribution >= 4 is 19.7 Å². The number of allylic oxidation sites excluding steroid dienone is 3. The number of esters is 1. The molecule has 0 aromatic rings. The summed E-state index contributed by atoms with van der Waals surface area (Å²) in [4.78, 5) is 37.9. The van der Waals surface area contributed by atoms with E-state index in [9.17, 15) is 19.0 Å². The molecule has 9 nitrogen and oxygen atoms in total. The minimum Gasteiger partial charge on any atom is -0.456 e. The Bertz CT molecular complexity index is 1470. The summed E-state index contributed by atoms with van der Waals surface area (Å²) in [6.45, 7) is 7.08. The zero-order chi connectivity index (χ0) is 60.7. The van der Waals surface area contributed by atoms with Crippen molar-refractivity contribution in [1.29, 1.82) is 0 Å². The first kappa shape index (κ1) is 81.5. The maximum Gasteiger partial charge on any atom is 0.472 e. The molecule has 1 amide bonds. The van der Waals surface area contributed by atoms with Crippen LogP contribution in [0.2, 0.25) is 0 Å². The van der Waals surface area contributed by atoms with E-state index in [1.54, 1.807) is 0 Å². The number of nitrogens with zero attached hydrogens (tertiary/aromatic N) is 1. The highest BCUT2D eigenvalue weighted by molar-refractivity contribution is 7.47. The first-order valence-electron chi connectivity index (χ1n) is 36.7. The van der Waals surface area contributed by atoms with Gasteiger partial charge in [-0.05, 0) is 57.4 Å². The molecule has 10 heteroatoms. The number of phosphoric acid groups is 1. The fraction of sp³-hybridized carbons (Fsp3) is 0.918. The number of amides is 1. The van der Waals surface area contributed by atoms with E-state index in [1.807, 2.05) is 27.2 Å². The Labute approximate surface area is 517 Å². The van der Waals surface area contributed by atoms with Gasteiger partial charge in [0.25, 0.3) is 0 Å². The minimum atomic E-state index is -4.45. The number of hydrogen-bond acceptors (Lipinski definition) is 6. The molecule has 0 radical (unpaired) electrons. The molecule has 492 valence electrons. The second-order valence-corrected chi connectivity index (χ2v) is 27.9. The highest BCUT2D eigenvalue weighted by Crippen LogP contribution is 2.43. The van der Waals surface area contributed by atoms with Crippen molar-refractivity contribution in [1.82, 2.24) is 5.32 Å². The van der Waals surface area contributed by atoms with Crippen LogP contribution in [-0.4, -0.2) is 74.3 Å². The van der Waals surface area contributed by atoms with Crippen LogP contribution in [0.1, 0.15) is 380 Å². The molecule has 0 heterocycles. The van der Waals surface area contributed by atoms with Gasteiger partial charge in [0.05, 0.1) is 33.8 Å². The van der Waals surface area contributed by atoms with Crippen LogP contribution < -0.4 is 5.32 Å². The molecule has 0 aliphatic carbocycles. The summed E-state index contributed by atoms with van der Waals surface area (Å²) < 4.78 is 30.9. The van der Waals surface area contributed by atoms with Crippen LogP contribution in [-0.2, 0) is 27.9 Å². The molecular weight excluding hydrogens is 1050 g/mol. The summed E-state index contributed by atoms with van der Waals surface area (Å²) in [6, 6.07) is -0.846. The van der Waals surface area contributed by atoms with E-state index in [0.717, 1.165) is 57.8 Å². The lowest BCUT2D eigenvalue weighted by atomic mass is 10.0. The van der Waals surface area contributed by atoms with Gasteiger partial charge in [0.2, 0.25) is 5.91 Å². The Morgan fingerprint density at radius 2 is 0.699 bits per heavy atom. The van der Waals surface area contributed by atoms with E-state index in [2.05, 4.69) is 44.3 Å². The van der Waals surface area contributed by atoms with Gasteiger partial charge in [0.1, 0.15) is 19.3 Å². The molecule has 0 aromatic heterocycles. The maximum atomic E-state index is 13.6. The summed E-state index contributed by atoms with van der Waals surface area (Å²) >= 11 is 0. The fourth-order valence-corrected chi connectivity index (χ4v) is 12.0. The summed E-state index contributed by atoms with van der Waals surface area (Å²) in [6.07, 6.45) is 77.7. The summed E-state index contributed by atoms with van der Waals surface area (Å²) in [5.74, 6) is -0.487. The Morgan fingerprint density at radius 3 is 1.02 bits per heavy atom. The van der Waals surface area contributed by atoms with Gasteiger partial charge < -0.3 is 19.4 Å². The summed E-state index contributed by atoms with van der Waals surface area (Å²) in [5, 5.41) is 3.08. The Morgan fingerprint density at radius 1 is 0.410 bits per heavy atom. The lowest BCUT2D eigenvalue weighted by Crippen LogP contribution is -2.47. The van der Waals surface area contributed by atoms with Crippen molar-refractivity contribution in [2.24, 2.45) is 0 Å². The topological polar surface area (TPSA) is 111 Å². The van der Waals surface area contributed by atoms with Crippen molar-refractivity contribution in [3.8, 4) is 0 Å². The maximum absolute atomic E-state index is 13.6. The Kier molecular flexibility index (Phi) is 62.4. The monoisotopic (exact) mass is 1190 g/mol. The first-order valence-corrected chi connectivity index (χ1v) is 38.2. The number of carbonyl (C=O) groups excluding carboxylic acids is 2. The number of likely N-dealkylation sites (N-methyl/N-ethyl adjacent to an activating group) is 1. The van der Waals surface area contributed by atoms with E-state index >= 15 is 0 Å². The van der Waals surface area contributed by atoms with E-state index in [4.69, 9.17) is 13.8 Å². The van der Waals surface area contributed by atoms with Crippen LogP contribution in [0.25, 0.3) is 0 Å². The molecule has 0 rings (SSSR count). The second-order valence-electron chi connectivity index (χ2n) is 26.5. The van der Waals surface area contributed by atoms with Crippen molar-refractivity contribution in [3.05, 3.63) is 24.3 Å². The van der Waals surface area contributed by atoms with Crippen molar-refractivity contribution in [2.75, 3.05) is 40.9 Å². The van der Waals surface area contributed by atoms with Gasteiger partial charge in [-0.1, -0.05) is 334 Å². The van der Waals surface area contributed by atoms with Crippen LogP contribution in [0.15, 0.2) is 24.3 Å². The molecular formula is C73H144N2O7P+. The van der Waals surface area contributed by atoms with E-state index in [-0.39, 0.29) is 25.1 Å². The fourth-order valence-electron chi connectivity index (χ4n) is 11.2. The van der Waals surface area contributed by atoms with E-state index in [1.165, 1.54) is 289 Å². The number of quaternary nitrogens is 1. The number of nitrogens with one attached hydrogen (secondary N) is 1. The van der Waals surface area contributed by atoms with Gasteiger partial charge in [0.15, 0.2) is 0 Å². The largest absolute Gasteiger partial charge is 0.472 e. The first-order chi connectivity index (χ1) is 40.4. The standard InChI is InChI=1S/C73H143N2O7P/c1-7-10-13-16-19-22-25-28-30-32-33-34-35-36-37-38-39-40-41-43-44-47-50-53-56-59-62-65-72(76)74-70(69-81-83(78,79)80-68-67-75(4,5)6)71(64-61-58-55-52-49-46-27-24-21-18-15-12-9-3)82-73(77)66-63-60-57-54-51-48-45-42-31-29-26-23-20-17-14-11-8-2/h29,31,61,64,70-71H,7-28,30,32-60,62-63,65-69H2,1-6H3,(H-,74,76,78,79)/p+1/b31-29+,64-61-. The summed E-state index contributed by atoms with van der Waals surface area (Å²) in [7, 11) is 1.52. The summed E-state index contributed by atoms with van der Waals surface area (Å²) in [5.41, 5.74) is 0. The van der Waals surface area contributed by atoms with Gasteiger partial charge in [-0.3, -0.25) is 18.6 Å². The predicted molar refractivity (Wildman–Crippen MR) is 360 cm³/mol. The minimum absolute atomic E-state index is 0.0436. The highest BCUT2D eigenvalue weighted by Gasteiger charge is 2.30.